The molecule has 3 rings (SSSR count). The summed E-state index contributed by atoms with van der Waals surface area (Å²) in [6, 6.07) is 9.34. The van der Waals surface area contributed by atoms with Crippen LogP contribution in [0.4, 0.5) is 0 Å². The molecular weight excluding hydrogens is 328 g/mol. The molecule has 0 aliphatic heterocycles. The number of nitrogens with one attached hydrogen (secondary N) is 1. The molecule has 136 valence electrons. The number of carbonyl (C=O) groups excluding carboxylic acids is 1. The van der Waals surface area contributed by atoms with Gasteiger partial charge in [-0.05, 0) is 32.4 Å². The topological polar surface area (TPSA) is 68.9 Å². The molecule has 1 amide bonds. The van der Waals surface area contributed by atoms with Gasteiger partial charge in [0.2, 0.25) is 5.91 Å². The summed E-state index contributed by atoms with van der Waals surface area (Å²) in [6.45, 7) is 6.77. The van der Waals surface area contributed by atoms with Gasteiger partial charge >= 0.3 is 0 Å². The molecule has 0 aliphatic carbocycles. The number of unbranched alkanes of at least 4 members (excludes halogenated alkanes) is 1. The fraction of sp³-hybridized carbons (Fsp3) is 0.350. The maximum Gasteiger partial charge on any atom is 0.281 e. The van der Waals surface area contributed by atoms with Gasteiger partial charge in [0, 0.05) is 23.3 Å². The lowest BCUT2D eigenvalue weighted by atomic mass is 10.2. The molecule has 0 bridgehead atoms. The van der Waals surface area contributed by atoms with Gasteiger partial charge in [0.15, 0.2) is 0 Å². The minimum absolute atomic E-state index is 0.0405. The van der Waals surface area contributed by atoms with Gasteiger partial charge in [-0.2, -0.15) is 9.78 Å². The smallest absolute Gasteiger partial charge is 0.281 e. The number of carbonyl (C=O) groups is 1. The molecule has 0 radical (unpaired) electrons. The van der Waals surface area contributed by atoms with Gasteiger partial charge < -0.3 is 9.88 Å². The molecule has 2 heterocycles. The van der Waals surface area contributed by atoms with Crippen LogP contribution in [0.5, 0.6) is 0 Å². The van der Waals surface area contributed by atoms with Crippen LogP contribution < -0.4 is 10.9 Å². The van der Waals surface area contributed by atoms with Crippen molar-refractivity contribution in [3.8, 4) is 5.69 Å². The predicted molar refractivity (Wildman–Crippen MR) is 103 cm³/mol. The first-order valence-corrected chi connectivity index (χ1v) is 8.94. The maximum atomic E-state index is 13.0. The Bertz CT molecular complexity index is 986. The zero-order valence-electron chi connectivity index (χ0n) is 15.5. The van der Waals surface area contributed by atoms with E-state index in [1.54, 1.807) is 6.20 Å². The number of amides is 1. The van der Waals surface area contributed by atoms with Crippen molar-refractivity contribution in [2.24, 2.45) is 0 Å². The molecule has 2 aromatic heterocycles. The number of hydrogen-bond donors (Lipinski definition) is 1. The average molecular weight is 352 g/mol. The molecule has 1 N–H and O–H groups in total. The number of rotatable bonds is 6. The molecular formula is C20H24N4O2. The standard InChI is InChI=1S/C20H24N4O2/c1-4-5-11-21-18(25)13-23-14(2)17-12-22-24(16-9-7-6-8-10-16)20(26)19(17)15(23)3/h6-10,12H,4-5,11,13H2,1-3H3,(H,21,25). The second-order valence-corrected chi connectivity index (χ2v) is 6.45. The Labute approximate surface area is 152 Å². The third kappa shape index (κ3) is 3.27. The van der Waals surface area contributed by atoms with E-state index < -0.39 is 0 Å². The fourth-order valence-corrected chi connectivity index (χ4v) is 3.20. The molecule has 0 aliphatic rings. The highest BCUT2D eigenvalue weighted by Crippen LogP contribution is 2.22. The molecule has 3 aromatic rings. The average Bonchev–Trinajstić information content (AvgIpc) is 2.88. The van der Waals surface area contributed by atoms with Crippen molar-refractivity contribution in [2.75, 3.05) is 6.54 Å². The molecule has 6 heteroatoms. The van der Waals surface area contributed by atoms with Gasteiger partial charge in [-0.15, -0.1) is 0 Å². The summed E-state index contributed by atoms with van der Waals surface area (Å²) in [6.07, 6.45) is 3.71. The Morgan fingerprint density at radius 1 is 1.15 bits per heavy atom. The van der Waals surface area contributed by atoms with E-state index in [2.05, 4.69) is 17.3 Å². The van der Waals surface area contributed by atoms with Gasteiger partial charge in [0.05, 0.1) is 17.3 Å². The van der Waals surface area contributed by atoms with Gasteiger partial charge in [-0.3, -0.25) is 9.59 Å². The summed E-state index contributed by atoms with van der Waals surface area (Å²) in [5.74, 6) is -0.0405. The summed E-state index contributed by atoms with van der Waals surface area (Å²) >= 11 is 0. The zero-order valence-corrected chi connectivity index (χ0v) is 15.5. The highest BCUT2D eigenvalue weighted by atomic mass is 16.2. The van der Waals surface area contributed by atoms with E-state index in [0.717, 1.165) is 35.3 Å². The van der Waals surface area contributed by atoms with Gasteiger partial charge in [-0.25, -0.2) is 0 Å². The van der Waals surface area contributed by atoms with E-state index in [1.165, 1.54) is 4.68 Å². The summed E-state index contributed by atoms with van der Waals surface area (Å²) in [7, 11) is 0. The van der Waals surface area contributed by atoms with Crippen molar-refractivity contribution in [1.82, 2.24) is 19.7 Å². The Morgan fingerprint density at radius 2 is 1.88 bits per heavy atom. The number of aromatic nitrogens is 3. The molecule has 0 unspecified atom stereocenters. The van der Waals surface area contributed by atoms with E-state index in [-0.39, 0.29) is 18.0 Å². The second-order valence-electron chi connectivity index (χ2n) is 6.45. The lowest BCUT2D eigenvalue weighted by Gasteiger charge is -2.09. The highest BCUT2D eigenvalue weighted by molar-refractivity contribution is 5.88. The van der Waals surface area contributed by atoms with Crippen LogP contribution >= 0.6 is 0 Å². The summed E-state index contributed by atoms with van der Waals surface area (Å²) in [5, 5.41) is 8.65. The molecule has 1 aromatic carbocycles. The van der Waals surface area contributed by atoms with Gasteiger partial charge in [0.25, 0.3) is 5.56 Å². The summed E-state index contributed by atoms with van der Waals surface area (Å²) in [4.78, 5) is 25.2. The molecule has 0 fully saturated rings. The molecule has 0 saturated heterocycles. The molecule has 0 spiro atoms. The van der Waals surface area contributed by atoms with E-state index >= 15 is 0 Å². The third-order valence-electron chi connectivity index (χ3n) is 4.69. The van der Waals surface area contributed by atoms with Crippen molar-refractivity contribution in [3.05, 3.63) is 58.3 Å². The van der Waals surface area contributed by atoms with Crippen LogP contribution in [0.1, 0.15) is 31.2 Å². The van der Waals surface area contributed by atoms with Crippen LogP contribution in [-0.2, 0) is 11.3 Å². The Hall–Kier alpha value is -2.89. The van der Waals surface area contributed by atoms with Crippen molar-refractivity contribution in [3.63, 3.8) is 0 Å². The number of para-hydroxylation sites is 1. The van der Waals surface area contributed by atoms with Crippen molar-refractivity contribution >= 4 is 16.7 Å². The van der Waals surface area contributed by atoms with E-state index in [9.17, 15) is 9.59 Å². The van der Waals surface area contributed by atoms with E-state index in [4.69, 9.17) is 0 Å². The van der Waals surface area contributed by atoms with Gasteiger partial charge in [0.1, 0.15) is 6.54 Å². The quantitative estimate of drug-likeness (QED) is 0.694. The first-order chi connectivity index (χ1) is 12.5. The van der Waals surface area contributed by atoms with Crippen LogP contribution in [0.15, 0.2) is 41.3 Å². The van der Waals surface area contributed by atoms with Crippen molar-refractivity contribution < 1.29 is 4.79 Å². The van der Waals surface area contributed by atoms with Crippen LogP contribution in [0, 0.1) is 13.8 Å². The number of fused-ring (bicyclic) bond motifs is 1. The van der Waals surface area contributed by atoms with E-state index in [1.807, 2.05) is 48.7 Å². The lowest BCUT2D eigenvalue weighted by Crippen LogP contribution is -2.29. The van der Waals surface area contributed by atoms with Crippen LogP contribution in [0.2, 0.25) is 0 Å². The Morgan fingerprint density at radius 3 is 2.58 bits per heavy atom. The molecule has 6 nitrogen and oxygen atoms in total. The number of hydrogen-bond acceptors (Lipinski definition) is 3. The maximum absolute atomic E-state index is 13.0. The molecule has 26 heavy (non-hydrogen) atoms. The highest BCUT2D eigenvalue weighted by Gasteiger charge is 2.18. The van der Waals surface area contributed by atoms with Crippen LogP contribution in [-0.4, -0.2) is 26.8 Å². The predicted octanol–water partition coefficient (Wildman–Crippen LogP) is 2.72. The first kappa shape index (κ1) is 17.9. The van der Waals surface area contributed by atoms with Crippen molar-refractivity contribution in [1.29, 1.82) is 0 Å². The van der Waals surface area contributed by atoms with Crippen molar-refractivity contribution in [2.45, 2.75) is 40.2 Å². The van der Waals surface area contributed by atoms with Gasteiger partial charge in [-0.1, -0.05) is 31.5 Å². The summed E-state index contributed by atoms with van der Waals surface area (Å²) < 4.78 is 3.30. The monoisotopic (exact) mass is 352 g/mol. The Balaban J connectivity index is 2.01. The van der Waals surface area contributed by atoms with Crippen LogP contribution in [0.3, 0.4) is 0 Å². The van der Waals surface area contributed by atoms with E-state index in [0.29, 0.717) is 11.9 Å². The van der Waals surface area contributed by atoms with Crippen LogP contribution in [0.25, 0.3) is 16.5 Å². The SMILES string of the molecule is CCCCNC(=O)Cn1c(C)c2cnn(-c3ccccc3)c(=O)c2c1C. The lowest BCUT2D eigenvalue weighted by molar-refractivity contribution is -0.121. The number of nitrogens with zero attached hydrogens (tertiary/aromatic N) is 3. The second kappa shape index (κ2) is 7.56. The molecule has 0 saturated carbocycles. The minimum Gasteiger partial charge on any atom is -0.355 e. The minimum atomic E-state index is -0.167. The number of aryl methyl sites for hydroxylation is 2. The third-order valence-corrected chi connectivity index (χ3v) is 4.69. The number of benzene rings is 1. The summed E-state index contributed by atoms with van der Waals surface area (Å²) in [5.41, 5.74) is 2.23. The zero-order chi connectivity index (χ0) is 18.7. The first-order valence-electron chi connectivity index (χ1n) is 8.94. The Kier molecular flexibility index (Phi) is 5.21. The largest absolute Gasteiger partial charge is 0.355 e. The molecule has 0 atom stereocenters. The normalized spacial score (nSPS) is 11.0. The fourth-order valence-electron chi connectivity index (χ4n) is 3.20.